The van der Waals surface area contributed by atoms with E-state index < -0.39 is 0 Å². The minimum absolute atomic E-state index is 0.175. The van der Waals surface area contributed by atoms with Gasteiger partial charge in [0.1, 0.15) is 5.75 Å². The van der Waals surface area contributed by atoms with Crippen molar-refractivity contribution in [3.8, 4) is 5.75 Å². The van der Waals surface area contributed by atoms with Crippen LogP contribution in [0.4, 0.5) is 23.5 Å². The minimum atomic E-state index is -0.175. The second-order valence-corrected chi connectivity index (χ2v) is 10.2. The molecule has 1 amide bonds. The number of nitrogens with zero attached hydrogens (tertiary/aromatic N) is 3. The normalized spacial score (nSPS) is 10.8. The zero-order valence-electron chi connectivity index (χ0n) is 26.1. The van der Waals surface area contributed by atoms with Crippen molar-refractivity contribution >= 4 is 29.4 Å². The zero-order valence-corrected chi connectivity index (χ0v) is 26.1. The number of unbranched alkanes of at least 4 members (excludes halogenated alkanes) is 5. The van der Waals surface area contributed by atoms with E-state index in [4.69, 9.17) is 19.9 Å². The predicted molar refractivity (Wildman–Crippen MR) is 175 cm³/mol. The van der Waals surface area contributed by atoms with Gasteiger partial charge in [0.2, 0.25) is 17.8 Å². The van der Waals surface area contributed by atoms with Crippen LogP contribution in [-0.2, 0) is 16.0 Å². The van der Waals surface area contributed by atoms with Crippen LogP contribution < -0.4 is 31.7 Å². The first kappa shape index (κ1) is 34.5. The highest BCUT2D eigenvalue weighted by Gasteiger charge is 2.09. The van der Waals surface area contributed by atoms with Crippen LogP contribution in [0.15, 0.2) is 48.5 Å². The molecule has 0 saturated carbocycles. The Balaban J connectivity index is 1.55. The van der Waals surface area contributed by atoms with Gasteiger partial charge in [-0.2, -0.15) is 15.0 Å². The fraction of sp³-hybridized carbons (Fsp3) is 0.500. The van der Waals surface area contributed by atoms with Crippen LogP contribution in [0.1, 0.15) is 61.4 Å². The number of hydrogen-bond acceptors (Lipinski definition) is 11. The third-order valence-electron chi connectivity index (χ3n) is 6.63. The Labute approximate surface area is 260 Å². The Morgan fingerprint density at radius 2 is 1.41 bits per heavy atom. The van der Waals surface area contributed by atoms with E-state index in [-0.39, 0.29) is 5.91 Å². The Morgan fingerprint density at radius 3 is 2.11 bits per heavy atom. The molecule has 0 aliphatic carbocycles. The second-order valence-electron chi connectivity index (χ2n) is 10.2. The van der Waals surface area contributed by atoms with Gasteiger partial charge in [-0.25, -0.2) is 0 Å². The van der Waals surface area contributed by atoms with E-state index in [1.54, 1.807) is 19.2 Å². The SMILES string of the molecule is CCCCCCCCNc1nc(NCc2ccc(OC)cc2)nc(Nc2ccc(C(=O)NCCOCCOCCN)cc2)n1. The number of benzene rings is 2. The number of rotatable bonds is 23. The first-order valence-electron chi connectivity index (χ1n) is 15.5. The van der Waals surface area contributed by atoms with E-state index in [0.717, 1.165) is 30.0 Å². The van der Waals surface area contributed by atoms with E-state index in [9.17, 15) is 4.79 Å². The molecular weight excluding hydrogens is 560 g/mol. The van der Waals surface area contributed by atoms with Crippen molar-refractivity contribution in [3.05, 3.63) is 59.7 Å². The summed E-state index contributed by atoms with van der Waals surface area (Å²) in [7, 11) is 1.65. The third kappa shape index (κ3) is 13.5. The molecule has 0 radical (unpaired) electrons. The van der Waals surface area contributed by atoms with Gasteiger partial charge in [-0.15, -0.1) is 0 Å². The maximum atomic E-state index is 12.5. The van der Waals surface area contributed by atoms with Crippen molar-refractivity contribution in [2.75, 3.05) is 69.1 Å². The molecule has 6 N–H and O–H groups in total. The van der Waals surface area contributed by atoms with Crippen LogP contribution >= 0.6 is 0 Å². The Morgan fingerprint density at radius 1 is 0.750 bits per heavy atom. The summed E-state index contributed by atoms with van der Waals surface area (Å²) in [6.45, 7) is 6.30. The lowest BCUT2D eigenvalue weighted by atomic mass is 10.1. The van der Waals surface area contributed by atoms with Crippen molar-refractivity contribution in [1.29, 1.82) is 0 Å². The lowest BCUT2D eigenvalue weighted by Gasteiger charge is -2.12. The van der Waals surface area contributed by atoms with Crippen molar-refractivity contribution < 1.29 is 19.0 Å². The van der Waals surface area contributed by atoms with Gasteiger partial charge in [-0.3, -0.25) is 4.79 Å². The van der Waals surface area contributed by atoms with Gasteiger partial charge in [0.15, 0.2) is 0 Å². The van der Waals surface area contributed by atoms with Crippen LogP contribution in [0.25, 0.3) is 0 Å². The molecule has 0 saturated heterocycles. The van der Waals surface area contributed by atoms with E-state index in [1.165, 1.54) is 32.1 Å². The third-order valence-corrected chi connectivity index (χ3v) is 6.63. The highest BCUT2D eigenvalue weighted by molar-refractivity contribution is 5.94. The minimum Gasteiger partial charge on any atom is -0.497 e. The van der Waals surface area contributed by atoms with Gasteiger partial charge in [-0.1, -0.05) is 51.2 Å². The predicted octanol–water partition coefficient (Wildman–Crippen LogP) is 4.73. The molecule has 3 rings (SSSR count). The number of hydrogen-bond donors (Lipinski definition) is 5. The molecule has 3 aromatic rings. The van der Waals surface area contributed by atoms with E-state index in [1.807, 2.05) is 36.4 Å². The fourth-order valence-electron chi connectivity index (χ4n) is 4.20. The van der Waals surface area contributed by atoms with Crippen LogP contribution in [-0.4, -0.2) is 74.0 Å². The Bertz CT molecular complexity index is 1210. The molecule has 0 bridgehead atoms. The molecule has 2 aromatic carbocycles. The highest BCUT2D eigenvalue weighted by atomic mass is 16.5. The number of aromatic nitrogens is 3. The lowest BCUT2D eigenvalue weighted by molar-refractivity contribution is 0.0511. The Hall–Kier alpha value is -4.00. The molecule has 0 spiro atoms. The van der Waals surface area contributed by atoms with Crippen molar-refractivity contribution in [3.63, 3.8) is 0 Å². The summed E-state index contributed by atoms with van der Waals surface area (Å²) in [5, 5.41) is 12.7. The van der Waals surface area contributed by atoms with Crippen LogP contribution in [0, 0.1) is 0 Å². The fourth-order valence-corrected chi connectivity index (χ4v) is 4.20. The molecule has 0 aliphatic rings. The van der Waals surface area contributed by atoms with E-state index >= 15 is 0 Å². The molecule has 240 valence electrons. The number of carbonyl (C=O) groups excluding carboxylic acids is 1. The molecule has 0 fully saturated rings. The number of amides is 1. The van der Waals surface area contributed by atoms with Crippen LogP contribution in [0.5, 0.6) is 5.75 Å². The summed E-state index contributed by atoms with van der Waals surface area (Å²) in [4.78, 5) is 26.3. The second kappa shape index (κ2) is 20.8. The Kier molecular flexibility index (Phi) is 16.3. The summed E-state index contributed by atoms with van der Waals surface area (Å²) in [6.07, 6.45) is 7.25. The van der Waals surface area contributed by atoms with Crippen molar-refractivity contribution in [2.24, 2.45) is 5.73 Å². The quantitative estimate of drug-likeness (QED) is 0.0948. The smallest absolute Gasteiger partial charge is 0.251 e. The van der Waals surface area contributed by atoms with Crippen molar-refractivity contribution in [1.82, 2.24) is 20.3 Å². The van der Waals surface area contributed by atoms with E-state index in [2.05, 4.69) is 43.1 Å². The molecule has 0 unspecified atom stereocenters. The monoisotopic (exact) mass is 608 g/mol. The summed E-state index contributed by atoms with van der Waals surface area (Å²) >= 11 is 0. The van der Waals surface area contributed by atoms with Crippen molar-refractivity contribution in [2.45, 2.75) is 52.0 Å². The van der Waals surface area contributed by atoms with Gasteiger partial charge in [0.25, 0.3) is 5.91 Å². The van der Waals surface area contributed by atoms with Gasteiger partial charge in [-0.05, 0) is 48.4 Å². The molecule has 1 aromatic heterocycles. The van der Waals surface area contributed by atoms with Gasteiger partial charge >= 0.3 is 0 Å². The first-order valence-corrected chi connectivity index (χ1v) is 15.5. The maximum absolute atomic E-state index is 12.5. The average molecular weight is 609 g/mol. The molecule has 1 heterocycles. The van der Waals surface area contributed by atoms with Gasteiger partial charge in [0, 0.05) is 37.4 Å². The number of anilines is 4. The van der Waals surface area contributed by atoms with Gasteiger partial charge < -0.3 is 41.2 Å². The number of nitrogens with two attached hydrogens (primary N) is 1. The molecule has 44 heavy (non-hydrogen) atoms. The highest BCUT2D eigenvalue weighted by Crippen LogP contribution is 2.18. The number of carbonyl (C=O) groups is 1. The average Bonchev–Trinajstić information content (AvgIpc) is 3.05. The summed E-state index contributed by atoms with van der Waals surface area (Å²) in [6, 6.07) is 15.0. The molecule has 0 aliphatic heterocycles. The van der Waals surface area contributed by atoms with E-state index in [0.29, 0.717) is 69.5 Å². The maximum Gasteiger partial charge on any atom is 0.251 e. The summed E-state index contributed by atoms with van der Waals surface area (Å²) < 4.78 is 16.0. The topological polar surface area (TPSA) is 158 Å². The molecule has 12 nitrogen and oxygen atoms in total. The molecule has 0 atom stereocenters. The zero-order chi connectivity index (χ0) is 31.2. The van der Waals surface area contributed by atoms with Crippen LogP contribution in [0.3, 0.4) is 0 Å². The first-order chi connectivity index (χ1) is 21.6. The lowest BCUT2D eigenvalue weighted by Crippen LogP contribution is -2.27. The molecule has 12 heteroatoms. The standard InChI is InChI=1S/C32H48N8O4/c1-3-4-5-6-7-8-18-35-30-38-31(36-24-25-9-15-28(42-2)16-10-25)40-32(39-30)37-27-13-11-26(12-14-27)29(41)34-19-21-44-23-22-43-20-17-33/h9-16H,3-8,17-24,33H2,1-2H3,(H,34,41)(H3,35,36,37,38,39,40). The van der Waals surface area contributed by atoms with Crippen LogP contribution in [0.2, 0.25) is 0 Å². The number of ether oxygens (including phenoxy) is 3. The number of methoxy groups -OCH3 is 1. The van der Waals surface area contributed by atoms with Gasteiger partial charge in [0.05, 0.1) is 33.5 Å². The largest absolute Gasteiger partial charge is 0.497 e. The number of nitrogens with one attached hydrogen (secondary N) is 4. The summed E-state index contributed by atoms with van der Waals surface area (Å²) in [5.41, 5.74) is 7.73. The molecular formula is C32H48N8O4. The summed E-state index contributed by atoms with van der Waals surface area (Å²) in [5.74, 6) is 1.98.